The van der Waals surface area contributed by atoms with Gasteiger partial charge in [0.2, 0.25) is 0 Å². The largest absolute Gasteiger partial charge is 0.456 e. The highest BCUT2D eigenvalue weighted by Crippen LogP contribution is 2.48. The van der Waals surface area contributed by atoms with Crippen LogP contribution in [-0.2, 0) is 0 Å². The maximum atomic E-state index is 10.3. The molecular formula is C54H28N2O2. The standard InChI is InChI=1S/C54H28N2O2/c1-3-19-47-33(9-1)41-25-29(21-23-49(41)57-47)31-11-7-17-43-51(31)37-15-5-13-35-39-28-46-40(27-45(39)55(43)53(35)37)36-14-6-16-38-52-32(12-8-18-44(52)56(46)54(36)38)30-22-24-50-42(26-30)34-10-2-4-20-48(34)58-50/h1-28H/i5D,6D,7D,8D,11D,12D,13D,14D,15D,16D,17D,18D,27D,28D. The van der Waals surface area contributed by atoms with Crippen molar-refractivity contribution in [1.29, 1.82) is 0 Å². The molecule has 0 fully saturated rings. The number of fused-ring (bicyclic) bond motifs is 18. The van der Waals surface area contributed by atoms with Crippen molar-refractivity contribution in [2.75, 3.05) is 0 Å². The van der Waals surface area contributed by atoms with E-state index in [-0.39, 0.29) is 111 Å². The first kappa shape index (κ1) is 19.9. The smallest absolute Gasteiger partial charge is 0.135 e. The first-order valence-corrected chi connectivity index (χ1v) is 18.8. The van der Waals surface area contributed by atoms with Gasteiger partial charge in [0.1, 0.15) is 22.3 Å². The fourth-order valence-corrected chi connectivity index (χ4v) is 9.63. The Morgan fingerprint density at radius 3 is 1.29 bits per heavy atom. The molecule has 15 rings (SSSR count). The molecule has 4 heteroatoms. The average Bonchev–Trinajstić information content (AvgIpc) is 4.23. The molecule has 15 aromatic rings. The summed E-state index contributed by atoms with van der Waals surface area (Å²) in [5.74, 6) is 0. The number of furan rings is 2. The van der Waals surface area contributed by atoms with E-state index in [0.717, 1.165) is 21.5 Å². The normalized spacial score (nSPS) is 16.2. The van der Waals surface area contributed by atoms with Crippen molar-refractivity contribution in [2.24, 2.45) is 0 Å². The van der Waals surface area contributed by atoms with Gasteiger partial charge in [-0.3, -0.25) is 0 Å². The van der Waals surface area contributed by atoms with E-state index in [1.807, 2.05) is 60.7 Å². The SMILES string of the molecule is [2H]c1c([2H])c([2H])c2c(c1-c1ccc3oc4ccccc4c3c1)c1c([2H])c([2H])c([2H])c3c4c([2H])c5c(c([2H])c4n2c13)c1c([2H])c([2H])c([2H])c2c3c(-c4ccc6oc7ccccc7c6c4)c([2H])c([2H])c([2H])c3n5c21. The summed E-state index contributed by atoms with van der Waals surface area (Å²) in [6.45, 7) is 0. The Hall–Kier alpha value is -7.82. The molecule has 0 saturated carbocycles. The molecule has 0 unspecified atom stereocenters. The lowest BCUT2D eigenvalue weighted by Gasteiger charge is -2.07. The quantitative estimate of drug-likeness (QED) is 0.176. The lowest BCUT2D eigenvalue weighted by molar-refractivity contribution is 0.668. The molecule has 0 N–H and O–H groups in total. The van der Waals surface area contributed by atoms with E-state index in [0.29, 0.717) is 33.5 Å². The van der Waals surface area contributed by atoms with E-state index < -0.39 is 60.4 Å². The maximum Gasteiger partial charge on any atom is 0.135 e. The number of nitrogens with zero attached hydrogens (tertiary/aromatic N) is 2. The maximum absolute atomic E-state index is 10.3. The zero-order valence-electron chi connectivity index (χ0n) is 43.8. The van der Waals surface area contributed by atoms with Crippen LogP contribution >= 0.6 is 0 Å². The zero-order valence-corrected chi connectivity index (χ0v) is 29.8. The minimum absolute atomic E-state index is 0.00244. The van der Waals surface area contributed by atoms with Crippen molar-refractivity contribution >= 4 is 120 Å². The predicted molar refractivity (Wildman–Crippen MR) is 241 cm³/mol. The van der Waals surface area contributed by atoms with E-state index in [9.17, 15) is 19.2 Å². The van der Waals surface area contributed by atoms with Crippen LogP contribution in [0.5, 0.6) is 0 Å². The summed E-state index contributed by atoms with van der Waals surface area (Å²) in [7, 11) is 0. The van der Waals surface area contributed by atoms with Crippen molar-refractivity contribution in [3.05, 3.63) is 170 Å². The van der Waals surface area contributed by atoms with Gasteiger partial charge < -0.3 is 17.6 Å². The fourth-order valence-electron chi connectivity index (χ4n) is 9.63. The molecule has 266 valence electrons. The van der Waals surface area contributed by atoms with Gasteiger partial charge in [-0.2, -0.15) is 0 Å². The monoisotopic (exact) mass is 750 g/mol. The average molecular weight is 751 g/mol. The number of aromatic nitrogens is 2. The Labute approximate surface area is 348 Å². The Morgan fingerprint density at radius 2 is 0.793 bits per heavy atom. The van der Waals surface area contributed by atoms with Crippen LogP contribution in [0, 0.1) is 0 Å². The van der Waals surface area contributed by atoms with Crippen molar-refractivity contribution in [2.45, 2.75) is 0 Å². The number of para-hydroxylation sites is 4. The number of benzene rings is 9. The molecule has 0 aliphatic heterocycles. The highest BCUT2D eigenvalue weighted by Gasteiger charge is 2.24. The molecule has 0 aliphatic rings. The molecule has 0 amide bonds. The molecular weight excluding hydrogens is 709 g/mol. The van der Waals surface area contributed by atoms with Gasteiger partial charge >= 0.3 is 0 Å². The van der Waals surface area contributed by atoms with Crippen molar-refractivity contribution in [1.82, 2.24) is 8.80 Å². The molecule has 58 heavy (non-hydrogen) atoms. The highest BCUT2D eigenvalue weighted by molar-refractivity contribution is 6.31. The van der Waals surface area contributed by atoms with Gasteiger partial charge in [-0.25, -0.2) is 0 Å². The third kappa shape index (κ3) is 3.46. The summed E-state index contributed by atoms with van der Waals surface area (Å²) >= 11 is 0. The van der Waals surface area contributed by atoms with Gasteiger partial charge in [0.05, 0.1) is 52.3 Å². The summed E-state index contributed by atoms with van der Waals surface area (Å²) in [6, 6.07) is 19.7. The van der Waals surface area contributed by atoms with E-state index in [1.165, 1.54) is 8.80 Å². The first-order chi connectivity index (χ1) is 34.6. The third-order valence-electron chi connectivity index (χ3n) is 12.0. The van der Waals surface area contributed by atoms with Crippen LogP contribution in [0.4, 0.5) is 0 Å². The highest BCUT2D eigenvalue weighted by atomic mass is 16.3. The fraction of sp³-hybridized carbons (Fsp3) is 0. The van der Waals surface area contributed by atoms with Crippen LogP contribution in [0.1, 0.15) is 19.2 Å². The lowest BCUT2D eigenvalue weighted by atomic mass is 9.96. The van der Waals surface area contributed by atoms with Gasteiger partial charge in [0.15, 0.2) is 0 Å². The second-order valence-electron chi connectivity index (χ2n) is 14.9. The number of rotatable bonds is 2. The summed E-state index contributed by atoms with van der Waals surface area (Å²) in [6.07, 6.45) is 0. The van der Waals surface area contributed by atoms with Crippen LogP contribution in [0.15, 0.2) is 178 Å². The van der Waals surface area contributed by atoms with Gasteiger partial charge in [-0.15, -0.1) is 0 Å². The van der Waals surface area contributed by atoms with Crippen molar-refractivity contribution < 1.29 is 28.0 Å². The second kappa shape index (κ2) is 10.1. The molecule has 9 aromatic carbocycles. The molecule has 6 aromatic heterocycles. The Bertz CT molecular complexity index is 4790. The molecule has 4 nitrogen and oxygen atoms in total. The zero-order chi connectivity index (χ0) is 49.6. The Kier molecular flexibility index (Phi) is 3.47. The molecule has 0 bridgehead atoms. The van der Waals surface area contributed by atoms with Crippen molar-refractivity contribution in [3.63, 3.8) is 0 Å². The van der Waals surface area contributed by atoms with Crippen LogP contribution < -0.4 is 0 Å². The van der Waals surface area contributed by atoms with E-state index in [2.05, 4.69) is 0 Å². The Morgan fingerprint density at radius 1 is 0.362 bits per heavy atom. The van der Waals surface area contributed by atoms with Crippen LogP contribution in [0.25, 0.3) is 142 Å². The third-order valence-corrected chi connectivity index (χ3v) is 12.0. The number of hydrogen-bond acceptors (Lipinski definition) is 2. The van der Waals surface area contributed by atoms with E-state index in [1.54, 1.807) is 24.3 Å². The summed E-state index contributed by atoms with van der Waals surface area (Å²) in [5, 5.41) is 3.50. The summed E-state index contributed by atoms with van der Waals surface area (Å²) < 4.78 is 149. The molecule has 0 radical (unpaired) electrons. The van der Waals surface area contributed by atoms with E-state index in [4.69, 9.17) is 8.83 Å². The van der Waals surface area contributed by atoms with Gasteiger partial charge in [-0.05, 0) is 82.8 Å². The van der Waals surface area contributed by atoms with E-state index >= 15 is 0 Å². The second-order valence-corrected chi connectivity index (χ2v) is 14.9. The molecule has 6 heterocycles. The van der Waals surface area contributed by atoms with Crippen LogP contribution in [0.3, 0.4) is 0 Å². The summed E-state index contributed by atoms with van der Waals surface area (Å²) in [5.41, 5.74) is 3.89. The topological polar surface area (TPSA) is 35.1 Å². The molecule has 0 atom stereocenters. The lowest BCUT2D eigenvalue weighted by Crippen LogP contribution is -1.85. The van der Waals surface area contributed by atoms with Gasteiger partial charge in [0, 0.05) is 64.6 Å². The van der Waals surface area contributed by atoms with Gasteiger partial charge in [0.25, 0.3) is 0 Å². The first-order valence-electron chi connectivity index (χ1n) is 25.8. The molecule has 0 spiro atoms. The van der Waals surface area contributed by atoms with Gasteiger partial charge in [-0.1, -0.05) is 109 Å². The number of hydrogen-bond donors (Lipinski definition) is 0. The Balaban J connectivity index is 1.15. The minimum atomic E-state index is -0.517. The van der Waals surface area contributed by atoms with Crippen LogP contribution in [0.2, 0.25) is 0 Å². The molecule has 0 saturated heterocycles. The van der Waals surface area contributed by atoms with Crippen LogP contribution in [-0.4, -0.2) is 8.80 Å². The predicted octanol–water partition coefficient (Wildman–Crippen LogP) is 15.1. The summed E-state index contributed by atoms with van der Waals surface area (Å²) in [4.78, 5) is 0. The minimum Gasteiger partial charge on any atom is -0.456 e. The molecule has 0 aliphatic carbocycles. The van der Waals surface area contributed by atoms with Crippen molar-refractivity contribution in [3.8, 4) is 22.3 Å².